The van der Waals surface area contributed by atoms with Crippen LogP contribution in [0.15, 0.2) is 0 Å². The van der Waals surface area contributed by atoms with Gasteiger partial charge in [-0.1, -0.05) is 11.3 Å². The molecule has 0 unspecified atom stereocenters. The first-order valence-electron chi connectivity index (χ1n) is 6.47. The molecule has 0 bridgehead atoms. The van der Waals surface area contributed by atoms with Gasteiger partial charge in [0.1, 0.15) is 10.7 Å². The van der Waals surface area contributed by atoms with Crippen molar-refractivity contribution in [3.8, 4) is 0 Å². The highest BCUT2D eigenvalue weighted by molar-refractivity contribution is 7.18. The molecule has 3 N–H and O–H groups in total. The smallest absolute Gasteiger partial charge is 0.268 e. The average Bonchev–Trinajstić information content (AvgIpc) is 3.14. The third kappa shape index (κ3) is 3.36. The molecule has 0 saturated heterocycles. The number of ether oxygens (including phenoxy) is 1. The summed E-state index contributed by atoms with van der Waals surface area (Å²) in [5, 5.41) is 3.78. The largest absolute Gasteiger partial charge is 0.383 e. The van der Waals surface area contributed by atoms with Gasteiger partial charge in [0.2, 0.25) is 0 Å². The molecule has 0 aromatic carbocycles. The summed E-state index contributed by atoms with van der Waals surface area (Å²) in [6.45, 7) is 3.89. The Morgan fingerprint density at radius 3 is 2.95 bits per heavy atom. The fraction of sp³-hybridized carbons (Fsp3) is 0.667. The SMILES string of the molecule is CCNc1nc(N)c(C(=O)N(CCOC)C2CC2)s1. The first kappa shape index (κ1) is 14.1. The number of thiazole rings is 1. The minimum Gasteiger partial charge on any atom is -0.383 e. The van der Waals surface area contributed by atoms with Crippen molar-refractivity contribution in [2.24, 2.45) is 0 Å². The molecule has 1 aliphatic carbocycles. The molecule has 1 heterocycles. The van der Waals surface area contributed by atoms with E-state index in [-0.39, 0.29) is 5.91 Å². The normalized spacial score (nSPS) is 14.4. The number of amides is 1. The number of anilines is 2. The van der Waals surface area contributed by atoms with Crippen molar-refractivity contribution in [3.63, 3.8) is 0 Å². The van der Waals surface area contributed by atoms with Gasteiger partial charge in [-0.25, -0.2) is 4.98 Å². The van der Waals surface area contributed by atoms with Gasteiger partial charge in [-0.3, -0.25) is 4.79 Å². The minimum absolute atomic E-state index is 0.0290. The number of rotatable bonds is 7. The van der Waals surface area contributed by atoms with Gasteiger partial charge in [0.15, 0.2) is 5.13 Å². The van der Waals surface area contributed by atoms with Crippen molar-refractivity contribution in [1.82, 2.24) is 9.88 Å². The zero-order chi connectivity index (χ0) is 13.8. The molecule has 1 aliphatic rings. The second-order valence-electron chi connectivity index (χ2n) is 4.49. The lowest BCUT2D eigenvalue weighted by atomic mass is 10.3. The number of nitrogens with two attached hydrogens (primary N) is 1. The molecule has 0 radical (unpaired) electrons. The molecule has 19 heavy (non-hydrogen) atoms. The third-order valence-electron chi connectivity index (χ3n) is 2.96. The summed E-state index contributed by atoms with van der Waals surface area (Å²) in [4.78, 5) is 19.1. The van der Waals surface area contributed by atoms with Gasteiger partial charge < -0.3 is 20.7 Å². The van der Waals surface area contributed by atoms with Crippen LogP contribution in [0.2, 0.25) is 0 Å². The van der Waals surface area contributed by atoms with Crippen LogP contribution in [0.1, 0.15) is 29.4 Å². The van der Waals surface area contributed by atoms with E-state index in [4.69, 9.17) is 10.5 Å². The van der Waals surface area contributed by atoms with Gasteiger partial charge in [-0.15, -0.1) is 0 Å². The molecule has 0 atom stereocenters. The predicted octanol–water partition coefficient (Wildman–Crippen LogP) is 1.41. The average molecular weight is 284 g/mol. The Labute approximate surface area is 116 Å². The number of hydrogen-bond acceptors (Lipinski definition) is 6. The van der Waals surface area contributed by atoms with E-state index in [2.05, 4.69) is 10.3 Å². The number of aromatic nitrogens is 1. The van der Waals surface area contributed by atoms with E-state index >= 15 is 0 Å². The maximum absolute atomic E-state index is 12.5. The van der Waals surface area contributed by atoms with Gasteiger partial charge in [0.05, 0.1) is 6.61 Å². The Morgan fingerprint density at radius 2 is 2.37 bits per heavy atom. The quantitative estimate of drug-likeness (QED) is 0.791. The zero-order valence-electron chi connectivity index (χ0n) is 11.3. The van der Waals surface area contributed by atoms with Gasteiger partial charge in [0.25, 0.3) is 5.91 Å². The van der Waals surface area contributed by atoms with Crippen LogP contribution in [0.25, 0.3) is 0 Å². The summed E-state index contributed by atoms with van der Waals surface area (Å²) >= 11 is 1.32. The van der Waals surface area contributed by atoms with E-state index in [9.17, 15) is 4.79 Å². The van der Waals surface area contributed by atoms with Crippen LogP contribution >= 0.6 is 11.3 Å². The highest BCUT2D eigenvalue weighted by Crippen LogP contribution is 2.32. The molecule has 1 saturated carbocycles. The first-order valence-corrected chi connectivity index (χ1v) is 7.29. The van der Waals surface area contributed by atoms with Crippen molar-refractivity contribution in [3.05, 3.63) is 4.88 Å². The lowest BCUT2D eigenvalue weighted by Gasteiger charge is -2.21. The monoisotopic (exact) mass is 284 g/mol. The van der Waals surface area contributed by atoms with Crippen LogP contribution in [-0.4, -0.2) is 48.6 Å². The van der Waals surface area contributed by atoms with Gasteiger partial charge >= 0.3 is 0 Å². The van der Waals surface area contributed by atoms with Crippen molar-refractivity contribution >= 4 is 28.2 Å². The topological polar surface area (TPSA) is 80.5 Å². The van der Waals surface area contributed by atoms with E-state index in [0.29, 0.717) is 35.0 Å². The number of carbonyl (C=O) groups is 1. The molecule has 1 amide bonds. The van der Waals surface area contributed by atoms with Crippen molar-refractivity contribution < 1.29 is 9.53 Å². The van der Waals surface area contributed by atoms with Crippen LogP contribution in [0.3, 0.4) is 0 Å². The molecular weight excluding hydrogens is 264 g/mol. The number of hydrogen-bond donors (Lipinski definition) is 2. The number of nitrogen functional groups attached to an aromatic ring is 1. The lowest BCUT2D eigenvalue weighted by Crippen LogP contribution is -2.35. The van der Waals surface area contributed by atoms with Crippen LogP contribution < -0.4 is 11.1 Å². The van der Waals surface area contributed by atoms with Gasteiger partial charge in [-0.05, 0) is 19.8 Å². The first-order chi connectivity index (χ1) is 9.17. The second-order valence-corrected chi connectivity index (χ2v) is 5.49. The molecule has 0 aliphatic heterocycles. The zero-order valence-corrected chi connectivity index (χ0v) is 12.1. The van der Waals surface area contributed by atoms with E-state index in [0.717, 1.165) is 19.4 Å². The Balaban J connectivity index is 2.11. The highest BCUT2D eigenvalue weighted by atomic mass is 32.1. The number of methoxy groups -OCH3 is 1. The Kier molecular flexibility index (Phi) is 4.60. The maximum atomic E-state index is 12.5. The van der Waals surface area contributed by atoms with Crippen LogP contribution in [-0.2, 0) is 4.74 Å². The Morgan fingerprint density at radius 1 is 1.63 bits per heavy atom. The highest BCUT2D eigenvalue weighted by Gasteiger charge is 2.34. The summed E-state index contributed by atoms with van der Waals surface area (Å²) in [5.74, 6) is 0.285. The molecule has 1 fully saturated rings. The van der Waals surface area contributed by atoms with Crippen molar-refractivity contribution in [2.45, 2.75) is 25.8 Å². The summed E-state index contributed by atoms with van der Waals surface area (Å²) in [5.41, 5.74) is 5.84. The summed E-state index contributed by atoms with van der Waals surface area (Å²) < 4.78 is 5.06. The van der Waals surface area contributed by atoms with Crippen LogP contribution in [0.5, 0.6) is 0 Å². The van der Waals surface area contributed by atoms with Crippen molar-refractivity contribution in [1.29, 1.82) is 0 Å². The second kappa shape index (κ2) is 6.21. The summed E-state index contributed by atoms with van der Waals surface area (Å²) in [6, 6.07) is 0.340. The predicted molar refractivity (Wildman–Crippen MR) is 76.6 cm³/mol. The summed E-state index contributed by atoms with van der Waals surface area (Å²) in [6.07, 6.45) is 2.13. The Bertz CT molecular complexity index is 445. The molecule has 7 heteroatoms. The lowest BCUT2D eigenvalue weighted by molar-refractivity contribution is 0.0685. The van der Waals surface area contributed by atoms with E-state index in [1.165, 1.54) is 11.3 Å². The molecule has 2 rings (SSSR count). The van der Waals surface area contributed by atoms with E-state index in [1.807, 2.05) is 11.8 Å². The fourth-order valence-electron chi connectivity index (χ4n) is 1.87. The Hall–Kier alpha value is -1.34. The molecular formula is C12H20N4O2S. The molecule has 1 aromatic heterocycles. The maximum Gasteiger partial charge on any atom is 0.268 e. The van der Waals surface area contributed by atoms with Gasteiger partial charge in [-0.2, -0.15) is 0 Å². The number of nitrogens with one attached hydrogen (secondary N) is 1. The standard InChI is InChI=1S/C12H20N4O2S/c1-3-14-12-15-10(13)9(19-12)11(17)16(6-7-18-2)8-4-5-8/h8H,3-7,13H2,1-2H3,(H,14,15). The summed E-state index contributed by atoms with van der Waals surface area (Å²) in [7, 11) is 1.64. The van der Waals surface area contributed by atoms with Gasteiger partial charge in [0, 0.05) is 26.2 Å². The number of nitrogens with zero attached hydrogens (tertiary/aromatic N) is 2. The molecule has 6 nitrogen and oxygen atoms in total. The van der Waals surface area contributed by atoms with Crippen molar-refractivity contribution in [2.75, 3.05) is 37.9 Å². The molecule has 106 valence electrons. The third-order valence-corrected chi connectivity index (χ3v) is 3.98. The van der Waals surface area contributed by atoms with Crippen LogP contribution in [0.4, 0.5) is 10.9 Å². The number of carbonyl (C=O) groups excluding carboxylic acids is 1. The molecule has 0 spiro atoms. The minimum atomic E-state index is -0.0290. The van der Waals surface area contributed by atoms with E-state index < -0.39 is 0 Å². The fourth-order valence-corrected chi connectivity index (χ4v) is 2.78. The van der Waals surface area contributed by atoms with E-state index in [1.54, 1.807) is 7.11 Å². The molecule has 1 aromatic rings. The van der Waals surface area contributed by atoms with Crippen LogP contribution in [0, 0.1) is 0 Å².